The highest BCUT2D eigenvalue weighted by Gasteiger charge is 2.03. The van der Waals surface area contributed by atoms with Gasteiger partial charge in [-0.1, -0.05) is 32.9 Å². The molecular formula is C10H19. The van der Waals surface area contributed by atoms with Gasteiger partial charge in [-0.3, -0.25) is 0 Å². The molecule has 0 aromatic carbocycles. The fourth-order valence-electron chi connectivity index (χ4n) is 1.44. The van der Waals surface area contributed by atoms with Crippen molar-refractivity contribution < 1.29 is 0 Å². The molecule has 0 saturated carbocycles. The van der Waals surface area contributed by atoms with Crippen molar-refractivity contribution in [3.8, 4) is 0 Å². The number of hydrogen-bond donors (Lipinski definition) is 0. The third-order valence-corrected chi connectivity index (χ3v) is 1.54. The molecule has 0 saturated heterocycles. The van der Waals surface area contributed by atoms with Gasteiger partial charge in [-0.15, -0.1) is 0 Å². The third-order valence-electron chi connectivity index (χ3n) is 1.54. The lowest BCUT2D eigenvalue weighted by molar-refractivity contribution is 0.436. The van der Waals surface area contributed by atoms with Crippen molar-refractivity contribution in [3.05, 3.63) is 12.2 Å². The van der Waals surface area contributed by atoms with Gasteiger partial charge in [-0.2, -0.15) is 0 Å². The van der Waals surface area contributed by atoms with E-state index >= 15 is 0 Å². The Morgan fingerprint density at radius 2 is 1.80 bits per heavy atom. The Morgan fingerprint density at radius 1 is 1.30 bits per heavy atom. The zero-order valence-electron chi connectivity index (χ0n) is 7.65. The minimum absolute atomic E-state index is 0.755. The molecule has 0 aliphatic rings. The summed E-state index contributed by atoms with van der Waals surface area (Å²) in [7, 11) is 0. The molecule has 0 fully saturated rings. The number of rotatable bonds is 4. The molecule has 10 heavy (non-hydrogen) atoms. The van der Waals surface area contributed by atoms with E-state index in [1.807, 2.05) is 6.92 Å². The summed E-state index contributed by atoms with van der Waals surface area (Å²) in [5, 5.41) is 0. The van der Waals surface area contributed by atoms with Gasteiger partial charge in [0, 0.05) is 0 Å². The van der Waals surface area contributed by atoms with Crippen LogP contribution in [0.2, 0.25) is 0 Å². The van der Waals surface area contributed by atoms with E-state index in [1.165, 1.54) is 6.42 Å². The fraction of sp³-hybridized carbons (Fsp3) is 0.800. The molecule has 0 aliphatic heterocycles. The van der Waals surface area contributed by atoms with E-state index in [2.05, 4.69) is 20.8 Å². The molecule has 0 aliphatic carbocycles. The molecule has 0 amide bonds. The van der Waals surface area contributed by atoms with Crippen molar-refractivity contribution in [2.24, 2.45) is 11.8 Å². The van der Waals surface area contributed by atoms with Gasteiger partial charge >= 0.3 is 0 Å². The molecule has 59 valence electrons. The minimum Gasteiger partial charge on any atom is -0.0731 e. The largest absolute Gasteiger partial charge is 0.0731 e. The van der Waals surface area contributed by atoms with Gasteiger partial charge in [0.2, 0.25) is 0 Å². The summed E-state index contributed by atoms with van der Waals surface area (Å²) < 4.78 is 0. The zero-order chi connectivity index (χ0) is 8.15. The molecule has 0 nitrogen and oxygen atoms in total. The van der Waals surface area contributed by atoms with Gasteiger partial charge in [0.25, 0.3) is 0 Å². The molecule has 0 bridgehead atoms. The van der Waals surface area contributed by atoms with Crippen LogP contribution in [0.25, 0.3) is 0 Å². The minimum atomic E-state index is 0.755. The van der Waals surface area contributed by atoms with E-state index in [0.717, 1.165) is 23.8 Å². The molecule has 0 heterocycles. The van der Waals surface area contributed by atoms with Crippen LogP contribution in [-0.2, 0) is 0 Å². The summed E-state index contributed by atoms with van der Waals surface area (Å²) in [4.78, 5) is 0. The average Bonchev–Trinajstić information content (AvgIpc) is 1.58. The Kier molecular flexibility index (Phi) is 4.42. The summed E-state index contributed by atoms with van der Waals surface area (Å²) in [6, 6.07) is 0. The second kappa shape index (κ2) is 4.54. The maximum Gasteiger partial charge on any atom is -0.0294 e. The molecule has 0 aromatic heterocycles. The van der Waals surface area contributed by atoms with Crippen molar-refractivity contribution in [1.29, 1.82) is 0 Å². The van der Waals surface area contributed by atoms with E-state index in [9.17, 15) is 0 Å². The maximum absolute atomic E-state index is 5.59. The van der Waals surface area contributed by atoms with Gasteiger partial charge in [0.05, 0.1) is 0 Å². The number of allylic oxidation sites excluding steroid dienone is 1. The van der Waals surface area contributed by atoms with Crippen molar-refractivity contribution in [3.63, 3.8) is 0 Å². The fourth-order valence-corrected chi connectivity index (χ4v) is 1.44. The normalized spacial score (nSPS) is 13.7. The summed E-state index contributed by atoms with van der Waals surface area (Å²) >= 11 is 0. The van der Waals surface area contributed by atoms with Crippen LogP contribution >= 0.6 is 0 Å². The number of hydrogen-bond acceptors (Lipinski definition) is 0. The summed E-state index contributed by atoms with van der Waals surface area (Å²) in [5.74, 6) is 1.55. The Labute approximate surface area is 65.3 Å². The Morgan fingerprint density at radius 3 is 2.10 bits per heavy atom. The molecule has 1 atom stereocenters. The molecule has 1 radical (unpaired) electrons. The van der Waals surface area contributed by atoms with Gasteiger partial charge in [0.1, 0.15) is 0 Å². The summed E-state index contributed by atoms with van der Waals surface area (Å²) in [6.07, 6.45) is 2.37. The van der Waals surface area contributed by atoms with Crippen LogP contribution in [0.5, 0.6) is 0 Å². The highest BCUT2D eigenvalue weighted by Crippen LogP contribution is 2.17. The Balaban J connectivity index is 3.43. The highest BCUT2D eigenvalue weighted by molar-refractivity contribution is 4.86. The van der Waals surface area contributed by atoms with Gasteiger partial charge < -0.3 is 0 Å². The van der Waals surface area contributed by atoms with E-state index in [1.54, 1.807) is 0 Å². The molecule has 0 aromatic rings. The molecular weight excluding hydrogens is 120 g/mol. The maximum atomic E-state index is 5.59. The molecule has 0 rings (SSSR count). The quantitative estimate of drug-likeness (QED) is 0.559. The average molecular weight is 139 g/mol. The second-order valence-corrected chi connectivity index (χ2v) is 3.79. The van der Waals surface area contributed by atoms with Crippen LogP contribution < -0.4 is 0 Å². The lowest BCUT2D eigenvalue weighted by atomic mass is 9.94. The molecule has 0 spiro atoms. The van der Waals surface area contributed by atoms with Crippen molar-refractivity contribution in [1.82, 2.24) is 0 Å². The van der Waals surface area contributed by atoms with Gasteiger partial charge in [-0.25, -0.2) is 0 Å². The van der Waals surface area contributed by atoms with Crippen LogP contribution in [-0.4, -0.2) is 0 Å². The highest BCUT2D eigenvalue weighted by atomic mass is 14.1. The Bertz CT molecular complexity index is 101. The van der Waals surface area contributed by atoms with Crippen molar-refractivity contribution in [2.45, 2.75) is 40.5 Å². The first-order valence-corrected chi connectivity index (χ1v) is 4.10. The van der Waals surface area contributed by atoms with Crippen LogP contribution in [0.3, 0.4) is 0 Å². The first-order valence-electron chi connectivity index (χ1n) is 4.10. The predicted molar refractivity (Wildman–Crippen MR) is 46.7 cm³/mol. The predicted octanol–water partition coefficient (Wildman–Crippen LogP) is 3.44. The standard InChI is InChI=1S/C10H19/c1-8(2)6-10(5)7-9(3)4/h1,9-10H,6-7H2,2-5H3. The smallest absolute Gasteiger partial charge is 0.0294 e. The first kappa shape index (κ1) is 9.74. The Hall–Kier alpha value is -0.260. The SMILES string of the molecule is [CH]=C(C)CC(C)CC(C)C. The summed E-state index contributed by atoms with van der Waals surface area (Å²) in [6.45, 7) is 14.3. The van der Waals surface area contributed by atoms with Gasteiger partial charge in [0.15, 0.2) is 0 Å². The van der Waals surface area contributed by atoms with Crippen LogP contribution in [0.15, 0.2) is 5.57 Å². The van der Waals surface area contributed by atoms with Crippen molar-refractivity contribution in [2.75, 3.05) is 0 Å². The lowest BCUT2D eigenvalue weighted by Gasteiger charge is -2.12. The van der Waals surface area contributed by atoms with E-state index in [4.69, 9.17) is 6.58 Å². The van der Waals surface area contributed by atoms with Gasteiger partial charge in [-0.05, 0) is 31.6 Å². The van der Waals surface area contributed by atoms with E-state index < -0.39 is 0 Å². The van der Waals surface area contributed by atoms with Crippen LogP contribution in [0.4, 0.5) is 0 Å². The topological polar surface area (TPSA) is 0 Å². The van der Waals surface area contributed by atoms with Crippen molar-refractivity contribution >= 4 is 0 Å². The van der Waals surface area contributed by atoms with Crippen LogP contribution in [0.1, 0.15) is 40.5 Å². The van der Waals surface area contributed by atoms with Crippen LogP contribution in [0, 0.1) is 18.4 Å². The molecule has 0 heteroatoms. The zero-order valence-corrected chi connectivity index (χ0v) is 7.65. The van der Waals surface area contributed by atoms with E-state index in [-0.39, 0.29) is 0 Å². The lowest BCUT2D eigenvalue weighted by Crippen LogP contribution is -1.99. The molecule has 1 unspecified atom stereocenters. The first-order chi connectivity index (χ1) is 4.52. The third kappa shape index (κ3) is 5.87. The summed E-state index contributed by atoms with van der Waals surface area (Å²) in [5.41, 5.74) is 1.06. The monoisotopic (exact) mass is 139 g/mol. The molecule has 0 N–H and O–H groups in total. The second-order valence-electron chi connectivity index (χ2n) is 3.79. The van der Waals surface area contributed by atoms with E-state index in [0.29, 0.717) is 0 Å².